The van der Waals surface area contributed by atoms with Crippen molar-refractivity contribution in [1.29, 1.82) is 0 Å². The lowest BCUT2D eigenvalue weighted by molar-refractivity contribution is -0.203. The van der Waals surface area contributed by atoms with Gasteiger partial charge in [0.15, 0.2) is 0 Å². The molecule has 0 spiro atoms. The Morgan fingerprint density at radius 2 is 1.83 bits per heavy atom. The molecule has 4 aliphatic carbocycles. The molecule has 0 radical (unpaired) electrons. The number of hydrogen-bond donors (Lipinski definition) is 3. The first-order valence-electron chi connectivity index (χ1n) is 14.7. The summed E-state index contributed by atoms with van der Waals surface area (Å²) in [5, 5.41) is 31.7. The first-order valence-corrected chi connectivity index (χ1v) is 12.1. The number of hydrogen-bond acceptors (Lipinski definition) is 3. The van der Waals surface area contributed by atoms with Crippen molar-refractivity contribution in [3.8, 4) is 0 Å². The summed E-state index contributed by atoms with van der Waals surface area (Å²) in [5.41, 5.74) is -0.464. The van der Waals surface area contributed by atoms with Gasteiger partial charge in [-0.2, -0.15) is 0 Å². The molecule has 0 saturated heterocycles. The summed E-state index contributed by atoms with van der Waals surface area (Å²) in [5.74, 6) is -2.04. The summed E-state index contributed by atoms with van der Waals surface area (Å²) >= 11 is 0. The van der Waals surface area contributed by atoms with Crippen LogP contribution in [0.2, 0.25) is 0 Å². The van der Waals surface area contributed by atoms with E-state index in [-0.39, 0.29) is 40.9 Å². The molecule has 0 heterocycles. The van der Waals surface area contributed by atoms with Gasteiger partial charge >= 0.3 is 5.97 Å². The van der Waals surface area contributed by atoms with Gasteiger partial charge in [0.2, 0.25) is 0 Å². The van der Waals surface area contributed by atoms with Crippen LogP contribution >= 0.6 is 0 Å². The third kappa shape index (κ3) is 3.36. The number of carboxylic acids is 1. The van der Waals surface area contributed by atoms with Crippen molar-refractivity contribution < 1.29 is 27.0 Å². The summed E-state index contributed by atoms with van der Waals surface area (Å²) in [6.07, 6.45) is 1.77. The number of rotatable bonds is 5. The number of aliphatic hydroxyl groups excluding tert-OH is 1. The SMILES string of the molecule is [2H]C([C@@H]1[C@@H]2C[C@H](O)CC[C@]2(C)[C@H]2CC[C@]3(C)[C@@H]([C@H](C)CCC(=O)O)CC[C@H]3[C@@H]2[C@]1([2H])O)C([2H])([2H])[2H]. The van der Waals surface area contributed by atoms with Gasteiger partial charge in [-0.05, 0) is 104 Å². The van der Waals surface area contributed by atoms with Gasteiger partial charge in [0.25, 0.3) is 0 Å². The van der Waals surface area contributed by atoms with Crippen LogP contribution in [0.5, 0.6) is 0 Å². The quantitative estimate of drug-likeness (QED) is 0.572. The van der Waals surface area contributed by atoms with E-state index in [0.717, 1.165) is 32.1 Å². The zero-order valence-corrected chi connectivity index (χ0v) is 18.8. The van der Waals surface area contributed by atoms with Gasteiger partial charge in [0, 0.05) is 11.9 Å². The van der Waals surface area contributed by atoms with Crippen molar-refractivity contribution in [2.24, 2.45) is 52.3 Å². The van der Waals surface area contributed by atoms with Crippen molar-refractivity contribution in [3.63, 3.8) is 0 Å². The molecule has 0 aliphatic heterocycles. The van der Waals surface area contributed by atoms with Crippen LogP contribution in [0.1, 0.15) is 98.7 Å². The fourth-order valence-electron chi connectivity index (χ4n) is 8.81. The van der Waals surface area contributed by atoms with E-state index < -0.39 is 43.2 Å². The average Bonchev–Trinajstić information content (AvgIpc) is 3.09. The van der Waals surface area contributed by atoms with Gasteiger partial charge in [-0.1, -0.05) is 34.0 Å². The standard InChI is InChI=1S/C26H44O4/c1-5-17-21-14-16(27)10-12-26(21,4)20-11-13-25(3)18(15(2)6-9-22(28)29)7-8-19(25)23(20)24(17)30/h15-21,23-24,27,30H,5-14H2,1-4H3,(H,28,29)/t15-,16-,17-,18-,19+,20+,21+,23+,24-,25-,26-/m1/s1/i1D3,5D,24D/t5?,15-,16-,17-,18-,19+,20+,21+,23+,24-,25-,26-. The predicted molar refractivity (Wildman–Crippen MR) is 118 cm³/mol. The first-order chi connectivity index (χ1) is 16.0. The summed E-state index contributed by atoms with van der Waals surface area (Å²) in [4.78, 5) is 11.2. The number of aliphatic carboxylic acids is 1. The molecule has 3 N–H and O–H groups in total. The smallest absolute Gasteiger partial charge is 0.303 e. The van der Waals surface area contributed by atoms with Crippen LogP contribution in [-0.4, -0.2) is 33.5 Å². The maximum atomic E-state index is 12.0. The number of fused-ring (bicyclic) bond motifs is 5. The highest BCUT2D eigenvalue weighted by atomic mass is 16.4. The van der Waals surface area contributed by atoms with E-state index in [1.807, 2.05) is 0 Å². The minimum atomic E-state index is -2.61. The predicted octanol–water partition coefficient (Wildman–Crippen LogP) is 5.11. The van der Waals surface area contributed by atoms with Crippen LogP contribution in [0, 0.1) is 52.3 Å². The monoisotopic (exact) mass is 425 g/mol. The Kier molecular flexibility index (Phi) is 4.56. The van der Waals surface area contributed by atoms with E-state index in [0.29, 0.717) is 25.2 Å². The Morgan fingerprint density at radius 3 is 2.53 bits per heavy atom. The Hall–Kier alpha value is -0.610. The highest BCUT2D eigenvalue weighted by Gasteiger charge is 2.64. The lowest BCUT2D eigenvalue weighted by Gasteiger charge is -2.64. The van der Waals surface area contributed by atoms with E-state index >= 15 is 0 Å². The topological polar surface area (TPSA) is 77.8 Å². The Bertz CT molecular complexity index is 818. The molecule has 0 bridgehead atoms. The molecule has 0 amide bonds. The van der Waals surface area contributed by atoms with Crippen molar-refractivity contribution in [2.45, 2.75) is 104 Å². The summed E-state index contributed by atoms with van der Waals surface area (Å²) in [6.45, 7) is 3.92. The molecule has 4 heteroatoms. The van der Waals surface area contributed by atoms with Crippen LogP contribution < -0.4 is 0 Å². The molecule has 4 fully saturated rings. The van der Waals surface area contributed by atoms with Gasteiger partial charge in [-0.15, -0.1) is 0 Å². The molecule has 1 unspecified atom stereocenters. The van der Waals surface area contributed by atoms with Gasteiger partial charge in [0.1, 0.15) is 0 Å². The molecule has 30 heavy (non-hydrogen) atoms. The maximum Gasteiger partial charge on any atom is 0.303 e. The lowest BCUT2D eigenvalue weighted by atomic mass is 9.41. The second-order valence-electron chi connectivity index (χ2n) is 11.5. The zero-order valence-electron chi connectivity index (χ0n) is 23.8. The van der Waals surface area contributed by atoms with Crippen molar-refractivity contribution in [3.05, 3.63) is 0 Å². The zero-order chi connectivity index (χ0) is 26.1. The largest absolute Gasteiger partial charge is 0.481 e. The van der Waals surface area contributed by atoms with Crippen LogP contribution in [0.3, 0.4) is 0 Å². The molecule has 4 rings (SSSR count). The minimum absolute atomic E-state index is 0.0388. The van der Waals surface area contributed by atoms with Gasteiger partial charge in [-0.3, -0.25) is 4.79 Å². The molecule has 4 aliphatic rings. The highest BCUT2D eigenvalue weighted by Crippen LogP contribution is 2.69. The molecular weight excluding hydrogens is 376 g/mol. The van der Waals surface area contributed by atoms with E-state index in [1.54, 1.807) is 0 Å². The number of aliphatic hydroxyl groups is 2. The first kappa shape index (κ1) is 16.9. The average molecular weight is 426 g/mol. The van der Waals surface area contributed by atoms with Crippen LogP contribution in [0.4, 0.5) is 0 Å². The van der Waals surface area contributed by atoms with Crippen LogP contribution in [-0.2, 0) is 4.79 Å². The lowest BCUT2D eigenvalue weighted by Crippen LogP contribution is -2.62. The van der Waals surface area contributed by atoms with Gasteiger partial charge < -0.3 is 15.3 Å². The van der Waals surface area contributed by atoms with Crippen molar-refractivity contribution >= 4 is 5.97 Å². The van der Waals surface area contributed by atoms with Crippen LogP contribution in [0.25, 0.3) is 0 Å². The van der Waals surface area contributed by atoms with Gasteiger partial charge in [-0.25, -0.2) is 0 Å². The molecule has 4 saturated carbocycles. The third-order valence-electron chi connectivity index (χ3n) is 10.4. The van der Waals surface area contributed by atoms with Gasteiger partial charge in [0.05, 0.1) is 13.6 Å². The summed E-state index contributed by atoms with van der Waals surface area (Å²) in [6, 6.07) is 0. The summed E-state index contributed by atoms with van der Waals surface area (Å²) < 4.78 is 42.1. The fraction of sp³-hybridized carbons (Fsp3) is 0.962. The highest BCUT2D eigenvalue weighted by molar-refractivity contribution is 5.66. The third-order valence-corrected chi connectivity index (χ3v) is 10.4. The maximum absolute atomic E-state index is 12.0. The van der Waals surface area contributed by atoms with Crippen molar-refractivity contribution in [2.75, 3.05) is 0 Å². The van der Waals surface area contributed by atoms with E-state index in [2.05, 4.69) is 20.8 Å². The van der Waals surface area contributed by atoms with E-state index in [9.17, 15) is 21.5 Å². The second kappa shape index (κ2) is 8.06. The number of carboxylic acid groups (broad SMARTS) is 1. The van der Waals surface area contributed by atoms with E-state index in [1.165, 1.54) is 0 Å². The van der Waals surface area contributed by atoms with E-state index in [4.69, 9.17) is 5.48 Å². The molecule has 0 aromatic rings. The molecule has 4 nitrogen and oxygen atoms in total. The summed E-state index contributed by atoms with van der Waals surface area (Å²) in [7, 11) is 0. The Morgan fingerprint density at radius 1 is 1.13 bits per heavy atom. The van der Waals surface area contributed by atoms with Crippen molar-refractivity contribution in [1.82, 2.24) is 0 Å². The minimum Gasteiger partial charge on any atom is -0.481 e. The second-order valence-corrected chi connectivity index (χ2v) is 11.5. The molecule has 0 aromatic carbocycles. The normalized spacial score (nSPS) is 57.9. The Labute approximate surface area is 189 Å². The molecule has 12 atom stereocenters. The molecule has 172 valence electrons. The fourth-order valence-corrected chi connectivity index (χ4v) is 8.81. The molecular formula is C26H44O4. The number of carbonyl (C=O) groups is 1. The Balaban J connectivity index is 1.74. The van der Waals surface area contributed by atoms with Crippen LogP contribution in [0.15, 0.2) is 0 Å². The molecule has 0 aromatic heterocycles.